The number of aromatic nitrogens is 1. The number of pyridine rings is 1. The SMILES string of the molecule is CC(NC(=O)c1c(CN2CCN(CCC(=O)OC(C)(C)C)CC2)c(-c2ccccc2)nc2ccccc12)C1CCCCC1. The zero-order valence-electron chi connectivity index (χ0n) is 26.4. The summed E-state index contributed by atoms with van der Waals surface area (Å²) < 4.78 is 5.50. The molecule has 1 unspecified atom stereocenters. The molecule has 1 N–H and O–H groups in total. The summed E-state index contributed by atoms with van der Waals surface area (Å²) in [6.07, 6.45) is 6.54. The second kappa shape index (κ2) is 14.0. The van der Waals surface area contributed by atoms with E-state index in [0.717, 1.165) is 59.5 Å². The third-order valence-corrected chi connectivity index (χ3v) is 8.88. The average molecular weight is 585 g/mol. The fourth-order valence-electron chi connectivity index (χ4n) is 6.57. The Morgan fingerprint density at radius 3 is 2.28 bits per heavy atom. The van der Waals surface area contributed by atoms with Crippen molar-refractivity contribution >= 4 is 22.8 Å². The van der Waals surface area contributed by atoms with E-state index in [2.05, 4.69) is 34.2 Å². The molecule has 230 valence electrons. The van der Waals surface area contributed by atoms with Crippen LogP contribution in [0.5, 0.6) is 0 Å². The highest BCUT2D eigenvalue weighted by Gasteiger charge is 2.28. The van der Waals surface area contributed by atoms with E-state index >= 15 is 0 Å². The van der Waals surface area contributed by atoms with Gasteiger partial charge in [-0.05, 0) is 52.5 Å². The van der Waals surface area contributed by atoms with Gasteiger partial charge in [0.1, 0.15) is 5.60 Å². The first-order valence-electron chi connectivity index (χ1n) is 16.1. The number of fused-ring (bicyclic) bond motifs is 1. The van der Waals surface area contributed by atoms with E-state index in [4.69, 9.17) is 9.72 Å². The monoisotopic (exact) mass is 584 g/mol. The summed E-state index contributed by atoms with van der Waals surface area (Å²) in [6.45, 7) is 12.7. The number of amides is 1. The van der Waals surface area contributed by atoms with Crippen LogP contribution < -0.4 is 5.32 Å². The van der Waals surface area contributed by atoms with Crippen LogP contribution in [0, 0.1) is 5.92 Å². The number of esters is 1. The van der Waals surface area contributed by atoms with Gasteiger partial charge in [-0.2, -0.15) is 0 Å². The van der Waals surface area contributed by atoms with Gasteiger partial charge in [0, 0.05) is 61.8 Å². The van der Waals surface area contributed by atoms with E-state index < -0.39 is 5.60 Å². The molecular formula is C36H48N4O3. The molecule has 7 heteroatoms. The molecule has 1 amide bonds. The van der Waals surface area contributed by atoms with E-state index in [1.807, 2.05) is 63.2 Å². The first-order valence-corrected chi connectivity index (χ1v) is 16.1. The van der Waals surface area contributed by atoms with Crippen LogP contribution in [0.15, 0.2) is 54.6 Å². The number of hydrogen-bond donors (Lipinski definition) is 1. The van der Waals surface area contributed by atoms with Gasteiger partial charge in [0.05, 0.1) is 23.2 Å². The molecule has 1 atom stereocenters. The third-order valence-electron chi connectivity index (χ3n) is 8.88. The van der Waals surface area contributed by atoms with Crippen molar-refractivity contribution in [2.45, 2.75) is 84.4 Å². The van der Waals surface area contributed by atoms with Crippen LogP contribution in [0.2, 0.25) is 0 Å². The molecule has 0 bridgehead atoms. The van der Waals surface area contributed by atoms with Crippen molar-refractivity contribution < 1.29 is 14.3 Å². The molecular weight excluding hydrogens is 536 g/mol. The minimum absolute atomic E-state index is 0.000138. The van der Waals surface area contributed by atoms with E-state index in [-0.39, 0.29) is 17.9 Å². The van der Waals surface area contributed by atoms with E-state index in [0.29, 0.717) is 25.4 Å². The maximum Gasteiger partial charge on any atom is 0.307 e. The van der Waals surface area contributed by atoms with Gasteiger partial charge in [0.2, 0.25) is 0 Å². The first kappa shape index (κ1) is 31.1. The molecule has 1 saturated heterocycles. The maximum absolute atomic E-state index is 14.2. The lowest BCUT2D eigenvalue weighted by molar-refractivity contribution is -0.155. The molecule has 2 fully saturated rings. The van der Waals surface area contributed by atoms with Crippen molar-refractivity contribution in [2.75, 3.05) is 32.7 Å². The van der Waals surface area contributed by atoms with Crippen LogP contribution in [0.25, 0.3) is 22.2 Å². The van der Waals surface area contributed by atoms with Crippen LogP contribution in [-0.2, 0) is 16.1 Å². The van der Waals surface area contributed by atoms with E-state index in [1.54, 1.807) is 0 Å². The van der Waals surface area contributed by atoms with Crippen LogP contribution in [0.3, 0.4) is 0 Å². The standard InChI is InChI=1S/C36H48N4O3/c1-26(27-13-7-5-8-14-27)37-35(42)33-29-17-11-12-18-31(29)38-34(28-15-9-6-10-16-28)30(33)25-40-23-21-39(22-24-40)20-19-32(41)43-36(2,3)4/h6,9-12,15-18,26-27H,5,7-8,13-14,19-25H2,1-4H3,(H,37,42). The van der Waals surface area contributed by atoms with Crippen LogP contribution in [0.4, 0.5) is 0 Å². The van der Waals surface area contributed by atoms with Crippen molar-refractivity contribution in [2.24, 2.45) is 5.92 Å². The van der Waals surface area contributed by atoms with Gasteiger partial charge in [0.25, 0.3) is 5.91 Å². The summed E-state index contributed by atoms with van der Waals surface area (Å²) in [7, 11) is 0. The molecule has 2 heterocycles. The lowest BCUT2D eigenvalue weighted by Gasteiger charge is -2.35. The minimum atomic E-state index is -0.460. The molecule has 1 aliphatic carbocycles. The average Bonchev–Trinajstić information content (AvgIpc) is 3.00. The highest BCUT2D eigenvalue weighted by molar-refractivity contribution is 6.09. The second-order valence-corrected chi connectivity index (χ2v) is 13.3. The number of ether oxygens (including phenoxy) is 1. The molecule has 43 heavy (non-hydrogen) atoms. The number of benzene rings is 2. The summed E-state index contributed by atoms with van der Waals surface area (Å²) in [6, 6.07) is 18.4. The summed E-state index contributed by atoms with van der Waals surface area (Å²) >= 11 is 0. The highest BCUT2D eigenvalue weighted by atomic mass is 16.6. The number of nitrogens with one attached hydrogen (secondary N) is 1. The zero-order chi connectivity index (χ0) is 30.4. The molecule has 1 saturated carbocycles. The van der Waals surface area contributed by atoms with Gasteiger partial charge in [-0.25, -0.2) is 4.98 Å². The number of para-hydroxylation sites is 1. The maximum atomic E-state index is 14.2. The summed E-state index contributed by atoms with van der Waals surface area (Å²) in [4.78, 5) is 36.4. The smallest absolute Gasteiger partial charge is 0.307 e. The Bertz CT molecular complexity index is 1390. The number of nitrogens with zero attached hydrogens (tertiary/aromatic N) is 3. The van der Waals surface area contributed by atoms with Crippen molar-refractivity contribution in [3.63, 3.8) is 0 Å². The van der Waals surface area contributed by atoms with Gasteiger partial charge in [-0.3, -0.25) is 14.5 Å². The Labute approximate surface area is 257 Å². The number of piperazine rings is 1. The number of hydrogen-bond acceptors (Lipinski definition) is 6. The fraction of sp³-hybridized carbons (Fsp3) is 0.528. The Hall–Kier alpha value is -3.29. The Kier molecular flexibility index (Phi) is 10.1. The number of carbonyl (C=O) groups excluding carboxylic acids is 2. The predicted molar refractivity (Wildman–Crippen MR) is 173 cm³/mol. The Morgan fingerprint density at radius 1 is 0.930 bits per heavy atom. The van der Waals surface area contributed by atoms with Gasteiger partial charge >= 0.3 is 5.97 Å². The van der Waals surface area contributed by atoms with Crippen LogP contribution >= 0.6 is 0 Å². The van der Waals surface area contributed by atoms with Crippen molar-refractivity contribution in [1.82, 2.24) is 20.1 Å². The van der Waals surface area contributed by atoms with Gasteiger partial charge in [0.15, 0.2) is 0 Å². The molecule has 0 spiro atoms. The Morgan fingerprint density at radius 2 is 1.58 bits per heavy atom. The lowest BCUT2D eigenvalue weighted by Crippen LogP contribution is -2.47. The number of rotatable bonds is 9. The molecule has 0 radical (unpaired) electrons. The Balaban J connectivity index is 1.40. The van der Waals surface area contributed by atoms with Gasteiger partial charge < -0.3 is 15.0 Å². The molecule has 1 aliphatic heterocycles. The quantitative estimate of drug-likeness (QED) is 0.292. The largest absolute Gasteiger partial charge is 0.460 e. The summed E-state index contributed by atoms with van der Waals surface area (Å²) in [5.41, 5.74) is 4.02. The molecule has 2 aliphatic rings. The minimum Gasteiger partial charge on any atom is -0.460 e. The van der Waals surface area contributed by atoms with Crippen LogP contribution in [0.1, 0.15) is 82.1 Å². The highest BCUT2D eigenvalue weighted by Crippen LogP contribution is 2.33. The first-order chi connectivity index (χ1) is 20.7. The second-order valence-electron chi connectivity index (χ2n) is 13.3. The van der Waals surface area contributed by atoms with Crippen molar-refractivity contribution in [3.8, 4) is 11.3 Å². The number of carbonyl (C=O) groups is 2. The zero-order valence-corrected chi connectivity index (χ0v) is 26.4. The van der Waals surface area contributed by atoms with Gasteiger partial charge in [-0.15, -0.1) is 0 Å². The molecule has 2 aromatic carbocycles. The topological polar surface area (TPSA) is 74.8 Å². The molecule has 3 aromatic rings. The summed E-state index contributed by atoms with van der Waals surface area (Å²) in [5, 5.41) is 4.33. The predicted octanol–water partition coefficient (Wildman–Crippen LogP) is 6.45. The van der Waals surface area contributed by atoms with E-state index in [1.165, 1.54) is 32.1 Å². The fourth-order valence-corrected chi connectivity index (χ4v) is 6.57. The van der Waals surface area contributed by atoms with Crippen LogP contribution in [-0.4, -0.2) is 71.0 Å². The molecule has 7 nitrogen and oxygen atoms in total. The summed E-state index contributed by atoms with van der Waals surface area (Å²) in [5.74, 6) is 0.374. The molecule has 1 aromatic heterocycles. The third kappa shape index (κ3) is 8.21. The normalized spacial score (nSPS) is 18.0. The van der Waals surface area contributed by atoms with Crippen molar-refractivity contribution in [1.29, 1.82) is 0 Å². The lowest BCUT2D eigenvalue weighted by atomic mass is 9.84. The van der Waals surface area contributed by atoms with Crippen molar-refractivity contribution in [3.05, 3.63) is 65.7 Å². The van der Waals surface area contributed by atoms with Gasteiger partial charge in [-0.1, -0.05) is 67.8 Å². The molecule has 5 rings (SSSR count). The van der Waals surface area contributed by atoms with E-state index in [9.17, 15) is 9.59 Å².